The van der Waals surface area contributed by atoms with Gasteiger partial charge in [0.1, 0.15) is 12.4 Å². The number of hydrogen-bond donors (Lipinski definition) is 2. The molecule has 0 saturated carbocycles. The third kappa shape index (κ3) is 4.78. The first-order valence-corrected chi connectivity index (χ1v) is 7.64. The first-order chi connectivity index (χ1) is 8.85. The Morgan fingerprint density at radius 3 is 2.63 bits per heavy atom. The molecule has 0 atom stereocenters. The minimum Gasteiger partial charge on any atom is -0.493 e. The number of carboxylic acid groups (broad SMARTS) is 1. The number of benzene rings is 1. The van der Waals surface area contributed by atoms with E-state index in [1.54, 1.807) is 6.92 Å². The second kappa shape index (κ2) is 6.42. The maximum Gasteiger partial charge on any atom is 0.337 e. The fourth-order valence-electron chi connectivity index (χ4n) is 1.51. The number of sulfone groups is 1. The summed E-state index contributed by atoms with van der Waals surface area (Å²) in [5, 5.41) is 8.88. The average molecular weight is 287 g/mol. The molecule has 0 unspecified atom stereocenters. The molecule has 3 N–H and O–H groups in total. The molecule has 1 rings (SSSR count). The van der Waals surface area contributed by atoms with Crippen molar-refractivity contribution in [2.45, 2.75) is 13.3 Å². The van der Waals surface area contributed by atoms with Crippen LogP contribution >= 0.6 is 0 Å². The van der Waals surface area contributed by atoms with Gasteiger partial charge in [0.05, 0.1) is 17.1 Å². The molecular formula is C12H17NO5S. The van der Waals surface area contributed by atoms with E-state index < -0.39 is 15.8 Å². The quantitative estimate of drug-likeness (QED) is 0.729. The molecule has 0 aliphatic rings. The lowest BCUT2D eigenvalue weighted by Crippen LogP contribution is -2.16. The van der Waals surface area contributed by atoms with Gasteiger partial charge in [-0.3, -0.25) is 0 Å². The van der Waals surface area contributed by atoms with Crippen LogP contribution in [0, 0.1) is 0 Å². The summed E-state index contributed by atoms with van der Waals surface area (Å²) in [6.45, 7) is 1.78. The highest BCUT2D eigenvalue weighted by Crippen LogP contribution is 2.19. The highest BCUT2D eigenvalue weighted by atomic mass is 32.2. The number of rotatable bonds is 7. The Morgan fingerprint density at radius 2 is 2.05 bits per heavy atom. The summed E-state index contributed by atoms with van der Waals surface area (Å²) in [6, 6.07) is 4.21. The number of nitrogen functional groups attached to an aromatic ring is 1. The molecule has 0 spiro atoms. The van der Waals surface area contributed by atoms with Crippen molar-refractivity contribution in [2.24, 2.45) is 0 Å². The fraction of sp³-hybridized carbons (Fsp3) is 0.417. The number of nitrogens with two attached hydrogens (primary N) is 1. The number of anilines is 1. The maximum absolute atomic E-state index is 11.5. The van der Waals surface area contributed by atoms with E-state index >= 15 is 0 Å². The third-order valence-electron chi connectivity index (χ3n) is 2.43. The van der Waals surface area contributed by atoms with Crippen LogP contribution in [0.5, 0.6) is 5.75 Å². The van der Waals surface area contributed by atoms with Crippen molar-refractivity contribution in [1.82, 2.24) is 0 Å². The van der Waals surface area contributed by atoms with Gasteiger partial charge in [0.15, 0.2) is 9.84 Å². The van der Waals surface area contributed by atoms with Crippen LogP contribution in [0.2, 0.25) is 0 Å². The van der Waals surface area contributed by atoms with Crippen LogP contribution in [0.4, 0.5) is 5.69 Å². The van der Waals surface area contributed by atoms with Crippen molar-refractivity contribution >= 4 is 21.5 Å². The molecule has 7 heteroatoms. The predicted molar refractivity (Wildman–Crippen MR) is 72.3 cm³/mol. The normalized spacial score (nSPS) is 11.2. The predicted octanol–water partition coefficient (Wildman–Crippen LogP) is 1.17. The van der Waals surface area contributed by atoms with Crippen LogP contribution in [0.1, 0.15) is 23.7 Å². The molecule has 0 amide bonds. The maximum atomic E-state index is 11.5. The molecule has 6 nitrogen and oxygen atoms in total. The summed E-state index contributed by atoms with van der Waals surface area (Å²) in [5.41, 5.74) is 5.57. The topological polar surface area (TPSA) is 107 Å². The molecular weight excluding hydrogens is 270 g/mol. The van der Waals surface area contributed by atoms with Gasteiger partial charge in [-0.2, -0.15) is 0 Å². The number of aromatic carboxylic acids is 1. The molecule has 1 aromatic carbocycles. The van der Waals surface area contributed by atoms with E-state index in [1.807, 2.05) is 0 Å². The highest BCUT2D eigenvalue weighted by molar-refractivity contribution is 7.91. The van der Waals surface area contributed by atoms with E-state index in [4.69, 9.17) is 15.6 Å². The first kappa shape index (κ1) is 15.3. The Hall–Kier alpha value is -1.76. The number of carbonyl (C=O) groups is 1. The van der Waals surface area contributed by atoms with Gasteiger partial charge >= 0.3 is 5.97 Å². The van der Waals surface area contributed by atoms with Gasteiger partial charge in [0.25, 0.3) is 0 Å². The highest BCUT2D eigenvalue weighted by Gasteiger charge is 2.11. The van der Waals surface area contributed by atoms with Gasteiger partial charge in [0.2, 0.25) is 0 Å². The number of ether oxygens (including phenoxy) is 1. The minimum absolute atomic E-state index is 0.00862. The molecule has 0 bridgehead atoms. The lowest BCUT2D eigenvalue weighted by molar-refractivity contribution is 0.0697. The molecule has 106 valence electrons. The molecule has 1 aromatic rings. The Balaban J connectivity index is 2.64. The summed E-state index contributed by atoms with van der Waals surface area (Å²) in [7, 11) is -3.10. The van der Waals surface area contributed by atoms with Crippen molar-refractivity contribution in [3.8, 4) is 5.75 Å². The molecule has 19 heavy (non-hydrogen) atoms. The van der Waals surface area contributed by atoms with Crippen LogP contribution < -0.4 is 10.5 Å². The first-order valence-electron chi connectivity index (χ1n) is 5.82. The van der Waals surface area contributed by atoms with Crippen LogP contribution in [0.15, 0.2) is 18.2 Å². The summed E-state index contributed by atoms with van der Waals surface area (Å²) in [6.07, 6.45) is 0.563. The van der Waals surface area contributed by atoms with E-state index in [1.165, 1.54) is 18.2 Å². The Kier molecular flexibility index (Phi) is 5.17. The Bertz CT molecular complexity index is 553. The Morgan fingerprint density at radius 1 is 1.37 bits per heavy atom. The number of hydrogen-bond acceptors (Lipinski definition) is 5. The smallest absolute Gasteiger partial charge is 0.337 e. The van der Waals surface area contributed by atoms with Gasteiger partial charge in [-0.15, -0.1) is 0 Å². The van der Waals surface area contributed by atoms with Gasteiger partial charge in [-0.25, -0.2) is 13.2 Å². The molecule has 0 aliphatic heterocycles. The van der Waals surface area contributed by atoms with E-state index in [0.717, 1.165) is 0 Å². The van der Waals surface area contributed by atoms with Crippen molar-refractivity contribution in [1.29, 1.82) is 0 Å². The zero-order chi connectivity index (χ0) is 14.5. The zero-order valence-corrected chi connectivity index (χ0v) is 11.4. The second-order valence-electron chi connectivity index (χ2n) is 4.05. The van der Waals surface area contributed by atoms with E-state index in [2.05, 4.69) is 0 Å². The van der Waals surface area contributed by atoms with Crippen molar-refractivity contribution in [3.63, 3.8) is 0 Å². The van der Waals surface area contributed by atoms with Gasteiger partial charge in [-0.1, -0.05) is 6.92 Å². The minimum atomic E-state index is -3.10. The van der Waals surface area contributed by atoms with Crippen molar-refractivity contribution < 1.29 is 23.1 Å². The summed E-state index contributed by atoms with van der Waals surface area (Å²) in [5.74, 6) is -0.827. The van der Waals surface area contributed by atoms with Crippen LogP contribution in [0.3, 0.4) is 0 Å². The summed E-state index contributed by atoms with van der Waals surface area (Å²) >= 11 is 0. The monoisotopic (exact) mass is 287 g/mol. The largest absolute Gasteiger partial charge is 0.493 e. The fourth-order valence-corrected chi connectivity index (χ4v) is 2.67. The molecule has 0 radical (unpaired) electrons. The van der Waals surface area contributed by atoms with Crippen LogP contribution in [-0.2, 0) is 9.84 Å². The Labute approximate surface area is 112 Å². The molecule has 0 saturated heterocycles. The van der Waals surface area contributed by atoms with Gasteiger partial charge < -0.3 is 15.6 Å². The average Bonchev–Trinajstić information content (AvgIpc) is 2.30. The summed E-state index contributed by atoms with van der Waals surface area (Å²) in [4.78, 5) is 10.9. The zero-order valence-electron chi connectivity index (χ0n) is 10.6. The second-order valence-corrected chi connectivity index (χ2v) is 6.36. The molecule has 0 heterocycles. The molecule has 0 aliphatic carbocycles. The molecule has 0 aromatic heterocycles. The van der Waals surface area contributed by atoms with E-state index in [9.17, 15) is 13.2 Å². The van der Waals surface area contributed by atoms with Crippen molar-refractivity contribution in [3.05, 3.63) is 23.8 Å². The SMILES string of the molecule is CCCS(=O)(=O)CCOc1ccc(N)c(C(=O)O)c1. The van der Waals surface area contributed by atoms with Gasteiger partial charge in [0, 0.05) is 5.69 Å². The molecule has 0 fully saturated rings. The van der Waals surface area contributed by atoms with Crippen LogP contribution in [-0.4, -0.2) is 37.6 Å². The van der Waals surface area contributed by atoms with E-state index in [0.29, 0.717) is 12.2 Å². The number of carboxylic acids is 1. The lowest BCUT2D eigenvalue weighted by Gasteiger charge is -2.08. The van der Waals surface area contributed by atoms with E-state index in [-0.39, 0.29) is 29.4 Å². The lowest BCUT2D eigenvalue weighted by atomic mass is 10.2. The third-order valence-corrected chi connectivity index (χ3v) is 4.25. The standard InChI is InChI=1S/C12H17NO5S/c1-2-6-19(16,17)7-5-18-9-3-4-11(13)10(8-9)12(14)15/h3-4,8H,2,5-7,13H2,1H3,(H,14,15). The van der Waals surface area contributed by atoms with Gasteiger partial charge in [-0.05, 0) is 24.6 Å². The van der Waals surface area contributed by atoms with Crippen molar-refractivity contribution in [2.75, 3.05) is 23.8 Å². The van der Waals surface area contributed by atoms with Crippen LogP contribution in [0.25, 0.3) is 0 Å². The summed E-state index contributed by atoms with van der Waals surface area (Å²) < 4.78 is 28.1.